The van der Waals surface area contributed by atoms with Crippen LogP contribution in [0, 0.1) is 39.9 Å². The molecule has 0 heterocycles. The second kappa shape index (κ2) is 1.95. The lowest BCUT2D eigenvalue weighted by Crippen LogP contribution is -2.69. The smallest absolute Gasteiger partial charge is 0.0181 e. The van der Waals surface area contributed by atoms with E-state index in [1.165, 1.54) is 6.42 Å². The zero-order valence-electron chi connectivity index (χ0n) is 10.5. The first kappa shape index (κ1) is 9.24. The van der Waals surface area contributed by atoms with E-state index < -0.39 is 0 Å². The van der Waals surface area contributed by atoms with E-state index in [4.69, 9.17) is 0 Å². The van der Waals surface area contributed by atoms with Gasteiger partial charge in [0.05, 0.1) is 0 Å². The van der Waals surface area contributed by atoms with Crippen LogP contribution in [0.3, 0.4) is 0 Å². The van der Waals surface area contributed by atoms with E-state index >= 15 is 0 Å². The second-order valence-electron chi connectivity index (χ2n) is 7.07. The van der Waals surface area contributed by atoms with Crippen LogP contribution in [0.2, 0.25) is 0 Å². The van der Waals surface area contributed by atoms with Gasteiger partial charge in [-0.1, -0.05) is 41.5 Å². The molecule has 3 aliphatic rings. The largest absolute Gasteiger partial charge is 0.0617 e. The van der Waals surface area contributed by atoms with Crippen molar-refractivity contribution in [3.63, 3.8) is 0 Å². The summed E-state index contributed by atoms with van der Waals surface area (Å²) in [5.41, 5.74) is 1.95. The average Bonchev–Trinajstić information content (AvgIpc) is 2.41. The van der Waals surface area contributed by atoms with E-state index in [1.807, 2.05) is 0 Å². The molecule has 0 nitrogen and oxygen atoms in total. The van der Waals surface area contributed by atoms with Gasteiger partial charge in [0.1, 0.15) is 0 Å². The molecule has 0 spiro atoms. The van der Waals surface area contributed by atoms with Gasteiger partial charge in [-0.2, -0.15) is 0 Å². The minimum Gasteiger partial charge on any atom is -0.0617 e. The maximum absolute atomic E-state index is 2.58. The molecule has 0 heteroatoms. The Morgan fingerprint density at radius 2 is 1.50 bits per heavy atom. The van der Waals surface area contributed by atoms with Crippen LogP contribution in [0.15, 0.2) is 0 Å². The molecule has 7 atom stereocenters. The topological polar surface area (TPSA) is 0 Å². The van der Waals surface area contributed by atoms with Crippen molar-refractivity contribution < 1.29 is 0 Å². The zero-order valence-corrected chi connectivity index (χ0v) is 10.5. The Hall–Kier alpha value is 0. The van der Waals surface area contributed by atoms with Crippen LogP contribution in [-0.4, -0.2) is 0 Å². The number of fused-ring (bicyclic) bond motifs is 1. The normalized spacial score (nSPS) is 75.0. The summed E-state index contributed by atoms with van der Waals surface area (Å²) in [5.74, 6) is 3.88. The van der Waals surface area contributed by atoms with Crippen LogP contribution in [0.5, 0.6) is 0 Å². The van der Waals surface area contributed by atoms with Crippen LogP contribution in [-0.2, 0) is 0 Å². The Morgan fingerprint density at radius 3 is 1.93 bits per heavy atom. The summed E-state index contributed by atoms with van der Waals surface area (Å²) in [4.78, 5) is 0. The highest BCUT2D eigenvalue weighted by Crippen LogP contribution is 2.89. The van der Waals surface area contributed by atoms with Gasteiger partial charge in [-0.25, -0.2) is 0 Å². The van der Waals surface area contributed by atoms with Crippen molar-refractivity contribution >= 4 is 0 Å². The monoisotopic (exact) mass is 192 g/mol. The summed E-state index contributed by atoms with van der Waals surface area (Å²) >= 11 is 0. The predicted octanol–water partition coefficient (Wildman–Crippen LogP) is 3.96. The molecule has 2 bridgehead atoms. The quantitative estimate of drug-likeness (QED) is 0.545. The third-order valence-electron chi connectivity index (χ3n) is 7.96. The lowest BCUT2D eigenvalue weighted by atomic mass is 9.30. The molecule has 0 aromatic carbocycles. The molecular formula is C14H24. The molecular weight excluding hydrogens is 168 g/mol. The summed E-state index contributed by atoms with van der Waals surface area (Å²) in [6, 6.07) is 0. The summed E-state index contributed by atoms with van der Waals surface area (Å²) in [6.07, 6.45) is 1.50. The van der Waals surface area contributed by atoms with Crippen molar-refractivity contribution in [2.45, 2.75) is 48.0 Å². The number of hydrogen-bond acceptors (Lipinski definition) is 0. The summed E-state index contributed by atoms with van der Waals surface area (Å²) in [7, 11) is 0. The molecule has 0 saturated heterocycles. The van der Waals surface area contributed by atoms with Gasteiger partial charge < -0.3 is 0 Å². The van der Waals surface area contributed by atoms with Gasteiger partial charge >= 0.3 is 0 Å². The summed E-state index contributed by atoms with van der Waals surface area (Å²) < 4.78 is 0. The highest BCUT2D eigenvalue weighted by Gasteiger charge is 2.84. The maximum Gasteiger partial charge on any atom is -0.0181 e. The summed E-state index contributed by atoms with van der Waals surface area (Å²) in [6.45, 7) is 15.3. The Labute approximate surface area is 88.5 Å². The molecule has 0 N–H and O–H groups in total. The Kier molecular flexibility index (Phi) is 1.29. The van der Waals surface area contributed by atoms with Gasteiger partial charge in [0.2, 0.25) is 0 Å². The molecule has 3 aliphatic carbocycles. The lowest BCUT2D eigenvalue weighted by molar-refractivity contribution is -0.265. The van der Waals surface area contributed by atoms with Crippen molar-refractivity contribution in [2.24, 2.45) is 39.9 Å². The van der Waals surface area contributed by atoms with Crippen LogP contribution in [0.4, 0.5) is 0 Å². The molecule has 7 unspecified atom stereocenters. The van der Waals surface area contributed by atoms with E-state index in [0.717, 1.165) is 23.7 Å². The van der Waals surface area contributed by atoms with Gasteiger partial charge in [0.25, 0.3) is 0 Å². The summed E-state index contributed by atoms with van der Waals surface area (Å²) in [5, 5.41) is 0. The molecule has 3 saturated carbocycles. The SMILES string of the molecule is CC1C2CC3(C)C(C)C1(C)C3(C)C2C. The van der Waals surface area contributed by atoms with E-state index in [1.54, 1.807) is 0 Å². The van der Waals surface area contributed by atoms with Crippen LogP contribution >= 0.6 is 0 Å². The van der Waals surface area contributed by atoms with Gasteiger partial charge in [0, 0.05) is 0 Å². The van der Waals surface area contributed by atoms with Crippen LogP contribution in [0.1, 0.15) is 48.0 Å². The van der Waals surface area contributed by atoms with Crippen molar-refractivity contribution in [1.82, 2.24) is 0 Å². The fraction of sp³-hybridized carbons (Fsp3) is 1.00. The van der Waals surface area contributed by atoms with Crippen molar-refractivity contribution in [1.29, 1.82) is 0 Å². The van der Waals surface area contributed by atoms with Crippen molar-refractivity contribution in [3.8, 4) is 0 Å². The first-order valence-corrected chi connectivity index (χ1v) is 6.32. The van der Waals surface area contributed by atoms with Gasteiger partial charge in [0.15, 0.2) is 0 Å². The molecule has 14 heavy (non-hydrogen) atoms. The Morgan fingerprint density at radius 1 is 0.929 bits per heavy atom. The van der Waals surface area contributed by atoms with Crippen molar-refractivity contribution in [3.05, 3.63) is 0 Å². The Bertz CT molecular complexity index is 297. The molecule has 3 rings (SSSR count). The minimum atomic E-state index is 0.642. The third kappa shape index (κ3) is 0.480. The van der Waals surface area contributed by atoms with Gasteiger partial charge in [-0.15, -0.1) is 0 Å². The molecule has 0 aromatic heterocycles. The predicted molar refractivity (Wildman–Crippen MR) is 59.9 cm³/mol. The fourth-order valence-electron chi connectivity index (χ4n) is 6.51. The molecule has 0 amide bonds. The average molecular weight is 192 g/mol. The maximum atomic E-state index is 2.58. The number of hydrogen-bond donors (Lipinski definition) is 0. The molecule has 3 fully saturated rings. The van der Waals surface area contributed by atoms with Gasteiger partial charge in [-0.05, 0) is 46.3 Å². The second-order valence-corrected chi connectivity index (χ2v) is 7.07. The number of rotatable bonds is 0. The van der Waals surface area contributed by atoms with Crippen molar-refractivity contribution in [2.75, 3.05) is 0 Å². The minimum absolute atomic E-state index is 0.642. The molecule has 80 valence electrons. The molecule has 0 aliphatic heterocycles. The molecule has 0 aromatic rings. The van der Waals surface area contributed by atoms with E-state index in [9.17, 15) is 0 Å². The highest BCUT2D eigenvalue weighted by molar-refractivity contribution is 5.31. The van der Waals surface area contributed by atoms with E-state index in [-0.39, 0.29) is 0 Å². The van der Waals surface area contributed by atoms with E-state index in [0.29, 0.717) is 16.2 Å². The standard InChI is InChI=1S/C14H24/c1-8-11-7-12(4)10(3)13(8,5)14(12,6)9(11)2/h8-11H,7H2,1-6H3. The Balaban J connectivity index is 2.20. The van der Waals surface area contributed by atoms with E-state index in [2.05, 4.69) is 41.5 Å². The zero-order chi connectivity index (χ0) is 10.5. The van der Waals surface area contributed by atoms with Crippen LogP contribution < -0.4 is 0 Å². The highest BCUT2D eigenvalue weighted by atomic mass is 14.9. The molecule has 0 radical (unpaired) electrons. The fourth-order valence-corrected chi connectivity index (χ4v) is 6.51. The third-order valence-corrected chi connectivity index (χ3v) is 7.96. The first-order chi connectivity index (χ1) is 6.32. The lowest BCUT2D eigenvalue weighted by Gasteiger charge is -2.74. The van der Waals surface area contributed by atoms with Gasteiger partial charge in [-0.3, -0.25) is 0 Å². The van der Waals surface area contributed by atoms with Crippen LogP contribution in [0.25, 0.3) is 0 Å². The first-order valence-electron chi connectivity index (χ1n) is 6.32.